The van der Waals surface area contributed by atoms with E-state index in [9.17, 15) is 76.6 Å². The van der Waals surface area contributed by atoms with Crippen molar-refractivity contribution in [3.63, 3.8) is 0 Å². The van der Waals surface area contributed by atoms with Gasteiger partial charge in [-0.2, -0.15) is 23.8 Å². The number of anilines is 1. The SMILES string of the molecule is Nc1ccc2c(S(=O)(=O)O)cccc2c1N=Nc1cc([N+](=O)[O-])cc([N+](=O)[O-])c1[O-].[Co+3].[NH-]c1ccc2c(S(=O)(=O)[O-])cccc2c1N=Nc1cc([N+](=O)[O-])cc([N+](=O)[O-])c1[O-].[Na+]. The Morgan fingerprint density at radius 1 is 0.581 bits per heavy atom. The van der Waals surface area contributed by atoms with E-state index in [1.165, 1.54) is 42.5 Å². The number of nitro groups is 4. The molecule has 0 aliphatic rings. The molecule has 26 nitrogen and oxygen atoms in total. The number of nitrogens with zero attached hydrogens (tertiary/aromatic N) is 8. The molecule has 6 aromatic carbocycles. The van der Waals surface area contributed by atoms with Gasteiger partial charge < -0.3 is 26.2 Å². The van der Waals surface area contributed by atoms with Crippen LogP contribution >= 0.6 is 0 Å². The second-order valence-corrected chi connectivity index (χ2v) is 14.4. The van der Waals surface area contributed by atoms with Crippen LogP contribution in [0.4, 0.5) is 56.9 Å². The molecule has 62 heavy (non-hydrogen) atoms. The summed E-state index contributed by atoms with van der Waals surface area (Å²) >= 11 is 0. The van der Waals surface area contributed by atoms with E-state index in [1.807, 2.05) is 0 Å². The van der Waals surface area contributed by atoms with Gasteiger partial charge in [-0.1, -0.05) is 42.5 Å². The maximum atomic E-state index is 12.2. The summed E-state index contributed by atoms with van der Waals surface area (Å²) < 4.78 is 66.8. The Morgan fingerprint density at radius 3 is 1.44 bits per heavy atom. The molecule has 0 bridgehead atoms. The zero-order valence-corrected chi connectivity index (χ0v) is 35.1. The van der Waals surface area contributed by atoms with Crippen LogP contribution in [0.15, 0.2) is 115 Å². The van der Waals surface area contributed by atoms with Gasteiger partial charge in [-0.3, -0.25) is 45.0 Å². The molecule has 6 rings (SSSR count). The number of nitrogens with one attached hydrogen (secondary N) is 1. The monoisotopic (exact) mass is 944 g/mol. The summed E-state index contributed by atoms with van der Waals surface area (Å²) in [4.78, 5) is 38.9. The largest absolute Gasteiger partial charge is 3.00 e. The quantitative estimate of drug-likeness (QED) is 0.0493. The van der Waals surface area contributed by atoms with E-state index in [2.05, 4.69) is 20.5 Å². The number of benzene rings is 6. The average Bonchev–Trinajstić information content (AvgIpc) is 3.16. The number of nitro benzene ring substituents is 4. The normalized spacial score (nSPS) is 11.4. The molecule has 0 radical (unpaired) electrons. The van der Waals surface area contributed by atoms with Crippen LogP contribution in [0.3, 0.4) is 0 Å². The van der Waals surface area contributed by atoms with Crippen LogP contribution in [0, 0.1) is 40.5 Å². The number of nitrogen functional groups attached to an aromatic ring is 1. The number of hydrogen-bond acceptors (Lipinski definition) is 20. The third-order valence-corrected chi connectivity index (χ3v) is 9.77. The maximum absolute atomic E-state index is 12.2. The van der Waals surface area contributed by atoms with Gasteiger partial charge in [-0.25, -0.2) is 8.42 Å². The molecule has 4 N–H and O–H groups in total. The Morgan fingerprint density at radius 2 is 1.00 bits per heavy atom. The van der Waals surface area contributed by atoms with Crippen molar-refractivity contribution < 1.29 is 102 Å². The number of fused-ring (bicyclic) bond motifs is 2. The van der Waals surface area contributed by atoms with Crippen molar-refractivity contribution in [2.45, 2.75) is 9.79 Å². The molecule has 0 unspecified atom stereocenters. The third kappa shape index (κ3) is 10.5. The summed E-state index contributed by atoms with van der Waals surface area (Å²) in [5.74, 6) is -2.43. The van der Waals surface area contributed by atoms with Crippen molar-refractivity contribution in [2.75, 3.05) is 5.73 Å². The minimum absolute atomic E-state index is 0. The summed E-state index contributed by atoms with van der Waals surface area (Å²) in [7, 11) is -9.42. The van der Waals surface area contributed by atoms with Crippen molar-refractivity contribution in [1.82, 2.24) is 0 Å². The minimum Gasteiger partial charge on any atom is -0.866 e. The van der Waals surface area contributed by atoms with Gasteiger partial charge in [0.2, 0.25) is 0 Å². The van der Waals surface area contributed by atoms with Gasteiger partial charge in [-0.05, 0) is 18.2 Å². The van der Waals surface area contributed by atoms with Crippen LogP contribution in [0.5, 0.6) is 11.5 Å². The van der Waals surface area contributed by atoms with Gasteiger partial charge in [0.05, 0.1) is 59.5 Å². The number of rotatable bonds is 10. The standard InChI is InChI=1S/C16H11N5O8S.C16H10N5O8S.Co.Na/c2*17-11-5-4-9-10(2-1-3-14(9)30(27,28)29)15(11)19-18-12-6-8(20(23)24)7-13(16(12)22)21(25)26;;/h1-7,22H,17H2,(H,27,28,29);1-7H,(H3-,17,18,19,22,27,28,29);;/q;-1;+3;+1/p-3. The fourth-order valence-electron chi connectivity index (χ4n) is 5.31. The number of non-ortho nitro benzene ring substituents is 2. The molecule has 30 heteroatoms. The predicted molar refractivity (Wildman–Crippen MR) is 201 cm³/mol. The van der Waals surface area contributed by atoms with Crippen LogP contribution < -0.4 is 45.5 Å². The molecule has 0 spiro atoms. The van der Waals surface area contributed by atoms with Crippen molar-refractivity contribution in [3.8, 4) is 11.5 Å². The number of nitrogens with two attached hydrogens (primary N) is 1. The molecule has 0 aliphatic carbocycles. The second kappa shape index (κ2) is 19.3. The van der Waals surface area contributed by atoms with Crippen LogP contribution in [0.2, 0.25) is 0 Å². The molecular formula is C32H18CoN10NaO16S2. The fraction of sp³-hybridized carbons (Fsp3) is 0. The van der Waals surface area contributed by atoms with Crippen molar-refractivity contribution in [3.05, 3.63) is 131 Å². The Balaban J connectivity index is 0.000000320. The zero-order valence-electron chi connectivity index (χ0n) is 30.5. The molecule has 0 fully saturated rings. The van der Waals surface area contributed by atoms with E-state index >= 15 is 0 Å². The first kappa shape index (κ1) is 49.5. The third-order valence-electron chi connectivity index (χ3n) is 7.96. The molecule has 0 saturated carbocycles. The summed E-state index contributed by atoms with van der Waals surface area (Å²) in [5.41, 5.74) is 8.13. The Labute approximate surface area is 377 Å². The van der Waals surface area contributed by atoms with E-state index in [4.69, 9.17) is 11.5 Å². The van der Waals surface area contributed by atoms with Gasteiger partial charge in [0.25, 0.3) is 32.9 Å². The molecule has 0 saturated heterocycles. The van der Waals surface area contributed by atoms with E-state index in [0.29, 0.717) is 24.3 Å². The first-order valence-corrected chi connectivity index (χ1v) is 18.5. The predicted octanol–water partition coefficient (Wildman–Crippen LogP) is 3.71. The Kier molecular flexibility index (Phi) is 15.4. The summed E-state index contributed by atoms with van der Waals surface area (Å²) in [6.07, 6.45) is 0. The van der Waals surface area contributed by atoms with Gasteiger partial charge >= 0.3 is 46.3 Å². The topological polar surface area (TPSA) is 430 Å². The summed E-state index contributed by atoms with van der Waals surface area (Å²) in [6.45, 7) is 0. The first-order valence-electron chi connectivity index (χ1n) is 15.6. The molecule has 0 aliphatic heterocycles. The Hall–Kier alpha value is -6.83. The Bertz CT molecular complexity index is 2930. The molecule has 0 heterocycles. The molecule has 6 aromatic rings. The van der Waals surface area contributed by atoms with Gasteiger partial charge in [-0.15, -0.1) is 10.8 Å². The van der Waals surface area contributed by atoms with E-state index in [0.717, 1.165) is 18.2 Å². The summed E-state index contributed by atoms with van der Waals surface area (Å²) in [5, 5.41) is 83.0. The van der Waals surface area contributed by atoms with Crippen molar-refractivity contribution >= 4 is 98.7 Å². The molecular weight excluding hydrogens is 926 g/mol. The van der Waals surface area contributed by atoms with Gasteiger partial charge in [0.15, 0.2) is 0 Å². The molecule has 0 aromatic heterocycles. The first-order chi connectivity index (χ1) is 28.0. The van der Waals surface area contributed by atoms with Crippen molar-refractivity contribution in [2.24, 2.45) is 20.5 Å². The zero-order chi connectivity index (χ0) is 44.4. The maximum Gasteiger partial charge on any atom is 3.00 e. The second-order valence-electron chi connectivity index (χ2n) is 11.7. The minimum atomic E-state index is -4.85. The number of azo groups is 2. The molecule has 314 valence electrons. The van der Waals surface area contributed by atoms with Gasteiger partial charge in [0.1, 0.15) is 20.7 Å². The number of hydrogen-bond donors (Lipinski definition) is 2. The average molecular weight is 945 g/mol. The summed E-state index contributed by atoms with van der Waals surface area (Å²) in [6, 6.07) is 14.9. The van der Waals surface area contributed by atoms with Crippen LogP contribution in [-0.2, 0) is 37.0 Å². The van der Waals surface area contributed by atoms with Crippen LogP contribution in [0.1, 0.15) is 0 Å². The van der Waals surface area contributed by atoms with E-state index in [1.54, 1.807) is 0 Å². The smallest absolute Gasteiger partial charge is 0.866 e. The fourth-order valence-corrected chi connectivity index (χ4v) is 6.71. The van der Waals surface area contributed by atoms with Gasteiger partial charge in [0, 0.05) is 45.2 Å². The molecule has 0 amide bonds. The van der Waals surface area contributed by atoms with Crippen molar-refractivity contribution in [1.29, 1.82) is 0 Å². The van der Waals surface area contributed by atoms with Crippen LogP contribution in [-0.4, -0.2) is 45.6 Å². The van der Waals surface area contributed by atoms with Crippen LogP contribution in [0.25, 0.3) is 27.3 Å². The molecule has 0 atom stereocenters. The van der Waals surface area contributed by atoms with E-state index < -0.39 is 95.3 Å². The van der Waals surface area contributed by atoms with E-state index in [-0.39, 0.29) is 90.6 Å².